The fourth-order valence-electron chi connectivity index (χ4n) is 2.12. The van der Waals surface area contributed by atoms with Gasteiger partial charge in [0, 0.05) is 22.7 Å². The van der Waals surface area contributed by atoms with Crippen LogP contribution in [-0.4, -0.2) is 30.5 Å². The van der Waals surface area contributed by atoms with Crippen LogP contribution < -0.4 is 10.5 Å². The molecule has 0 aliphatic heterocycles. The number of hydrogen-bond acceptors (Lipinski definition) is 4. The van der Waals surface area contributed by atoms with E-state index in [1.807, 2.05) is 4.72 Å². The smallest absolute Gasteiger partial charge is 0.264 e. The summed E-state index contributed by atoms with van der Waals surface area (Å²) in [6, 6.07) is 4.53. The van der Waals surface area contributed by atoms with Crippen molar-refractivity contribution >= 4 is 32.7 Å². The van der Waals surface area contributed by atoms with Gasteiger partial charge in [0.2, 0.25) is 10.0 Å². The minimum atomic E-state index is -3.60. The van der Waals surface area contributed by atoms with Crippen molar-refractivity contribution in [3.8, 4) is 0 Å². The zero-order valence-electron chi connectivity index (χ0n) is 10.9. The third-order valence-electron chi connectivity index (χ3n) is 3.41. The molecule has 1 saturated carbocycles. The van der Waals surface area contributed by atoms with E-state index in [2.05, 4.69) is 4.98 Å². The topological polar surface area (TPSA) is 122 Å². The van der Waals surface area contributed by atoms with Gasteiger partial charge in [0.25, 0.3) is 11.8 Å². The fraction of sp³-hybridized carbons (Fsp3) is 0.231. The summed E-state index contributed by atoms with van der Waals surface area (Å²) in [6.07, 6.45) is 2.60. The maximum absolute atomic E-state index is 12.0. The molecule has 1 fully saturated rings. The molecule has 8 heteroatoms. The van der Waals surface area contributed by atoms with Gasteiger partial charge in [0.15, 0.2) is 0 Å². The Kier molecular flexibility index (Phi) is 2.98. The standard InChI is InChI=1S/C13H13N3O4S/c14-12(17)10-6-15-11-4-1-7(5-9(10)11)13(18)16-21(19,20)8-2-3-8/h1,4-6,8,15H,2-3H2,(H2,14,17)(H,16,18). The second-order valence-electron chi connectivity index (χ2n) is 5.00. The van der Waals surface area contributed by atoms with Crippen molar-refractivity contribution in [1.82, 2.24) is 9.71 Å². The zero-order chi connectivity index (χ0) is 15.2. The molecule has 0 radical (unpaired) electrons. The average Bonchev–Trinajstić information content (AvgIpc) is 3.18. The lowest BCUT2D eigenvalue weighted by atomic mass is 10.1. The van der Waals surface area contributed by atoms with E-state index in [9.17, 15) is 18.0 Å². The lowest BCUT2D eigenvalue weighted by molar-refractivity contribution is 0.0977. The van der Waals surface area contributed by atoms with E-state index < -0.39 is 27.1 Å². The van der Waals surface area contributed by atoms with Gasteiger partial charge in [-0.2, -0.15) is 0 Å². The second kappa shape index (κ2) is 4.59. The van der Waals surface area contributed by atoms with Gasteiger partial charge in [0.1, 0.15) is 0 Å². The highest BCUT2D eigenvalue weighted by molar-refractivity contribution is 7.91. The number of primary amides is 1. The number of amides is 2. The van der Waals surface area contributed by atoms with E-state index in [0.29, 0.717) is 23.7 Å². The first kappa shape index (κ1) is 13.6. The van der Waals surface area contributed by atoms with Crippen molar-refractivity contribution in [2.75, 3.05) is 0 Å². The molecule has 3 rings (SSSR count). The van der Waals surface area contributed by atoms with E-state index in [0.717, 1.165) is 0 Å². The fourth-order valence-corrected chi connectivity index (χ4v) is 3.42. The number of sulfonamides is 1. The summed E-state index contributed by atoms with van der Waals surface area (Å²) in [7, 11) is -3.60. The third kappa shape index (κ3) is 2.49. The molecule has 0 atom stereocenters. The predicted molar refractivity (Wildman–Crippen MR) is 76.2 cm³/mol. The zero-order valence-corrected chi connectivity index (χ0v) is 11.7. The molecular weight excluding hydrogens is 294 g/mol. The molecule has 1 heterocycles. The van der Waals surface area contributed by atoms with Crippen LogP contribution in [0.25, 0.3) is 10.9 Å². The van der Waals surface area contributed by atoms with Gasteiger partial charge in [-0.1, -0.05) is 0 Å². The highest BCUT2D eigenvalue weighted by Gasteiger charge is 2.37. The van der Waals surface area contributed by atoms with Crippen LogP contribution in [0.15, 0.2) is 24.4 Å². The van der Waals surface area contributed by atoms with Crippen molar-refractivity contribution in [3.05, 3.63) is 35.5 Å². The summed E-state index contributed by atoms with van der Waals surface area (Å²) in [4.78, 5) is 26.2. The van der Waals surface area contributed by atoms with Crippen LogP contribution in [0.3, 0.4) is 0 Å². The molecule has 2 amide bonds. The number of fused-ring (bicyclic) bond motifs is 1. The Morgan fingerprint density at radius 2 is 2.00 bits per heavy atom. The minimum absolute atomic E-state index is 0.161. The largest absolute Gasteiger partial charge is 0.366 e. The number of nitrogens with two attached hydrogens (primary N) is 1. The van der Waals surface area contributed by atoms with E-state index in [1.54, 1.807) is 6.07 Å². The number of nitrogens with one attached hydrogen (secondary N) is 2. The summed E-state index contributed by atoms with van der Waals surface area (Å²) in [6.45, 7) is 0. The van der Waals surface area contributed by atoms with Crippen molar-refractivity contribution in [3.63, 3.8) is 0 Å². The first-order chi connectivity index (χ1) is 9.88. The number of H-pyrrole nitrogens is 1. The van der Waals surface area contributed by atoms with Gasteiger partial charge in [-0.05, 0) is 31.0 Å². The Labute approximate surface area is 120 Å². The summed E-state index contributed by atoms with van der Waals surface area (Å²) in [5.74, 6) is -1.33. The molecule has 0 spiro atoms. The molecule has 110 valence electrons. The molecule has 4 N–H and O–H groups in total. The Hall–Kier alpha value is -2.35. The minimum Gasteiger partial charge on any atom is -0.366 e. The number of carbonyl (C=O) groups excluding carboxylic acids is 2. The number of carbonyl (C=O) groups is 2. The van der Waals surface area contributed by atoms with E-state index in [-0.39, 0.29) is 11.1 Å². The quantitative estimate of drug-likeness (QED) is 0.760. The van der Waals surface area contributed by atoms with Gasteiger partial charge in [-0.25, -0.2) is 13.1 Å². The monoisotopic (exact) mass is 307 g/mol. The normalized spacial score (nSPS) is 15.0. The number of hydrogen-bond donors (Lipinski definition) is 3. The maximum Gasteiger partial charge on any atom is 0.264 e. The number of rotatable bonds is 4. The molecular formula is C13H13N3O4S. The number of benzene rings is 1. The Balaban J connectivity index is 1.94. The van der Waals surface area contributed by atoms with Crippen LogP contribution in [0.2, 0.25) is 0 Å². The van der Waals surface area contributed by atoms with E-state index in [1.165, 1.54) is 18.3 Å². The molecule has 1 aliphatic carbocycles. The Bertz CT molecular complexity index is 849. The maximum atomic E-state index is 12.0. The van der Waals surface area contributed by atoms with Crippen LogP contribution in [0, 0.1) is 0 Å². The van der Waals surface area contributed by atoms with Crippen molar-refractivity contribution < 1.29 is 18.0 Å². The molecule has 7 nitrogen and oxygen atoms in total. The van der Waals surface area contributed by atoms with E-state index in [4.69, 9.17) is 5.73 Å². The highest BCUT2D eigenvalue weighted by Crippen LogP contribution is 2.27. The van der Waals surface area contributed by atoms with Gasteiger partial charge >= 0.3 is 0 Å². The summed E-state index contributed by atoms with van der Waals surface area (Å²) in [5, 5.41) is 0.0117. The average molecular weight is 307 g/mol. The summed E-state index contributed by atoms with van der Waals surface area (Å²) >= 11 is 0. The van der Waals surface area contributed by atoms with Gasteiger partial charge in [0.05, 0.1) is 10.8 Å². The van der Waals surface area contributed by atoms with Crippen molar-refractivity contribution in [2.24, 2.45) is 5.73 Å². The van der Waals surface area contributed by atoms with Crippen LogP contribution in [0.1, 0.15) is 33.6 Å². The molecule has 2 aromatic rings. The first-order valence-corrected chi connectivity index (χ1v) is 7.90. The molecule has 21 heavy (non-hydrogen) atoms. The van der Waals surface area contributed by atoms with E-state index >= 15 is 0 Å². The predicted octanol–water partition coefficient (Wildman–Crippen LogP) is 0.489. The van der Waals surface area contributed by atoms with Gasteiger partial charge in [-0.15, -0.1) is 0 Å². The molecule has 0 saturated heterocycles. The first-order valence-electron chi connectivity index (χ1n) is 6.35. The van der Waals surface area contributed by atoms with Crippen LogP contribution in [-0.2, 0) is 10.0 Å². The van der Waals surface area contributed by atoms with Gasteiger partial charge < -0.3 is 10.7 Å². The lowest BCUT2D eigenvalue weighted by Crippen LogP contribution is -2.33. The number of aromatic amines is 1. The van der Waals surface area contributed by atoms with Crippen molar-refractivity contribution in [1.29, 1.82) is 0 Å². The van der Waals surface area contributed by atoms with Crippen LogP contribution >= 0.6 is 0 Å². The van der Waals surface area contributed by atoms with Crippen LogP contribution in [0.4, 0.5) is 0 Å². The Morgan fingerprint density at radius 1 is 1.29 bits per heavy atom. The van der Waals surface area contributed by atoms with Gasteiger partial charge in [-0.3, -0.25) is 9.59 Å². The highest BCUT2D eigenvalue weighted by atomic mass is 32.2. The Morgan fingerprint density at radius 3 is 2.62 bits per heavy atom. The third-order valence-corrected chi connectivity index (χ3v) is 5.23. The van der Waals surface area contributed by atoms with Crippen molar-refractivity contribution in [2.45, 2.75) is 18.1 Å². The molecule has 0 bridgehead atoms. The molecule has 1 aromatic heterocycles. The molecule has 0 unspecified atom stereocenters. The summed E-state index contributed by atoms with van der Waals surface area (Å²) in [5.41, 5.74) is 6.30. The molecule has 1 aromatic carbocycles. The molecule has 1 aliphatic rings. The second-order valence-corrected chi connectivity index (χ2v) is 6.96. The summed E-state index contributed by atoms with van der Waals surface area (Å²) < 4.78 is 25.6. The SMILES string of the molecule is NC(=O)c1c[nH]c2ccc(C(=O)NS(=O)(=O)C3CC3)cc12. The van der Waals surface area contributed by atoms with Crippen LogP contribution in [0.5, 0.6) is 0 Å². The lowest BCUT2D eigenvalue weighted by Gasteiger charge is -2.06. The number of aromatic nitrogens is 1.